The summed E-state index contributed by atoms with van der Waals surface area (Å²) in [4.78, 5) is 24.3. The Balaban J connectivity index is 3.42. The minimum absolute atomic E-state index is 0.620. The number of methoxy groups -OCH3 is 2. The zero-order valence-electron chi connectivity index (χ0n) is 9.25. The number of rotatable bonds is 3. The molecule has 18 heavy (non-hydrogen) atoms. The van der Waals surface area contributed by atoms with E-state index >= 15 is 0 Å². The van der Waals surface area contributed by atoms with Crippen molar-refractivity contribution >= 4 is 5.97 Å². The standard InChI is InChI=1S/C9H8F3NO5/c1-16-7-6(18-9(10,11)12)4(8(15)17-2)3-5(14)13-7/h3H,1-2H3,(H,13,14). The quantitative estimate of drug-likeness (QED) is 0.829. The maximum Gasteiger partial charge on any atom is 0.573 e. The van der Waals surface area contributed by atoms with E-state index < -0.39 is 35.1 Å². The van der Waals surface area contributed by atoms with E-state index in [-0.39, 0.29) is 0 Å². The first kappa shape index (κ1) is 13.9. The number of aromatic nitrogens is 1. The molecular formula is C9H8F3NO5. The normalized spacial score (nSPS) is 10.9. The SMILES string of the molecule is COC(=O)c1cc(=O)[nH]c(OC)c1OC(F)(F)F. The van der Waals surface area contributed by atoms with Gasteiger partial charge in [0.1, 0.15) is 5.56 Å². The lowest BCUT2D eigenvalue weighted by molar-refractivity contribution is -0.275. The molecule has 0 bridgehead atoms. The van der Waals surface area contributed by atoms with Crippen LogP contribution in [0.5, 0.6) is 11.6 Å². The van der Waals surface area contributed by atoms with E-state index in [1.807, 2.05) is 4.98 Å². The third kappa shape index (κ3) is 3.15. The van der Waals surface area contributed by atoms with E-state index in [0.717, 1.165) is 14.2 Å². The molecule has 0 amide bonds. The Kier molecular flexibility index (Phi) is 3.84. The summed E-state index contributed by atoms with van der Waals surface area (Å²) in [6, 6.07) is 0.620. The highest BCUT2D eigenvalue weighted by atomic mass is 19.4. The molecule has 1 aromatic rings. The van der Waals surface area contributed by atoms with E-state index in [2.05, 4.69) is 14.2 Å². The minimum Gasteiger partial charge on any atom is -0.480 e. The van der Waals surface area contributed by atoms with Crippen LogP contribution >= 0.6 is 0 Å². The van der Waals surface area contributed by atoms with Crippen LogP contribution in [0.1, 0.15) is 10.4 Å². The van der Waals surface area contributed by atoms with Gasteiger partial charge in [-0.2, -0.15) is 0 Å². The van der Waals surface area contributed by atoms with Crippen LogP contribution in [-0.2, 0) is 4.74 Å². The fourth-order valence-corrected chi connectivity index (χ4v) is 1.15. The molecule has 0 spiro atoms. The van der Waals surface area contributed by atoms with Gasteiger partial charge in [0.05, 0.1) is 14.2 Å². The van der Waals surface area contributed by atoms with Crippen LogP contribution in [0.25, 0.3) is 0 Å². The molecule has 1 aromatic heterocycles. The van der Waals surface area contributed by atoms with Crippen molar-refractivity contribution < 1.29 is 32.2 Å². The fourth-order valence-electron chi connectivity index (χ4n) is 1.15. The van der Waals surface area contributed by atoms with Crippen molar-refractivity contribution in [2.45, 2.75) is 6.36 Å². The summed E-state index contributed by atoms with van der Waals surface area (Å²) >= 11 is 0. The Morgan fingerprint density at radius 1 is 1.33 bits per heavy atom. The monoisotopic (exact) mass is 267 g/mol. The molecule has 0 radical (unpaired) electrons. The number of hydrogen-bond donors (Lipinski definition) is 1. The van der Waals surface area contributed by atoms with Crippen LogP contribution in [0.2, 0.25) is 0 Å². The van der Waals surface area contributed by atoms with Gasteiger partial charge in [-0.3, -0.25) is 9.78 Å². The van der Waals surface area contributed by atoms with Crippen LogP contribution in [0.15, 0.2) is 10.9 Å². The molecule has 1 N–H and O–H groups in total. The van der Waals surface area contributed by atoms with Crippen molar-refractivity contribution in [1.82, 2.24) is 4.98 Å². The van der Waals surface area contributed by atoms with Gasteiger partial charge < -0.3 is 14.2 Å². The van der Waals surface area contributed by atoms with Crippen LogP contribution in [0, 0.1) is 0 Å². The number of hydrogen-bond acceptors (Lipinski definition) is 5. The fraction of sp³-hybridized carbons (Fsp3) is 0.333. The Morgan fingerprint density at radius 3 is 2.39 bits per heavy atom. The highest BCUT2D eigenvalue weighted by Gasteiger charge is 2.35. The molecule has 9 heteroatoms. The molecule has 0 saturated carbocycles. The Morgan fingerprint density at radius 2 is 1.94 bits per heavy atom. The number of nitrogens with one attached hydrogen (secondary N) is 1. The van der Waals surface area contributed by atoms with E-state index in [1.165, 1.54) is 0 Å². The molecule has 1 rings (SSSR count). The molecule has 0 aliphatic carbocycles. The highest BCUT2D eigenvalue weighted by Crippen LogP contribution is 2.33. The lowest BCUT2D eigenvalue weighted by Gasteiger charge is -2.14. The van der Waals surface area contributed by atoms with Gasteiger partial charge in [0.15, 0.2) is 0 Å². The van der Waals surface area contributed by atoms with Crippen molar-refractivity contribution in [2.24, 2.45) is 0 Å². The average Bonchev–Trinajstić information content (AvgIpc) is 2.28. The summed E-state index contributed by atoms with van der Waals surface area (Å²) in [6.45, 7) is 0. The van der Waals surface area contributed by atoms with Gasteiger partial charge in [-0.05, 0) is 0 Å². The van der Waals surface area contributed by atoms with Gasteiger partial charge in [0.25, 0.3) is 5.56 Å². The van der Waals surface area contributed by atoms with Crippen molar-refractivity contribution in [3.63, 3.8) is 0 Å². The largest absolute Gasteiger partial charge is 0.573 e. The van der Waals surface area contributed by atoms with Gasteiger partial charge >= 0.3 is 12.3 Å². The molecule has 0 fully saturated rings. The Labute approximate surface area is 98.3 Å². The third-order valence-electron chi connectivity index (χ3n) is 1.79. The van der Waals surface area contributed by atoms with Crippen LogP contribution in [0.4, 0.5) is 13.2 Å². The number of alkyl halides is 3. The lowest BCUT2D eigenvalue weighted by Crippen LogP contribution is -2.22. The second-order valence-corrected chi connectivity index (χ2v) is 2.95. The van der Waals surface area contributed by atoms with Gasteiger partial charge in [0, 0.05) is 6.07 Å². The van der Waals surface area contributed by atoms with Crippen molar-refractivity contribution in [1.29, 1.82) is 0 Å². The number of pyridine rings is 1. The Hall–Kier alpha value is -2.19. The second kappa shape index (κ2) is 4.98. The maximum atomic E-state index is 12.2. The van der Waals surface area contributed by atoms with Crippen molar-refractivity contribution in [3.05, 3.63) is 22.0 Å². The van der Waals surface area contributed by atoms with Gasteiger partial charge in [-0.1, -0.05) is 0 Å². The number of carbonyl (C=O) groups excluding carboxylic acids is 1. The number of aromatic amines is 1. The van der Waals surface area contributed by atoms with Gasteiger partial charge in [0.2, 0.25) is 11.6 Å². The second-order valence-electron chi connectivity index (χ2n) is 2.95. The molecule has 100 valence electrons. The van der Waals surface area contributed by atoms with Crippen molar-refractivity contribution in [2.75, 3.05) is 14.2 Å². The van der Waals surface area contributed by atoms with E-state index in [4.69, 9.17) is 0 Å². The third-order valence-corrected chi connectivity index (χ3v) is 1.79. The lowest BCUT2D eigenvalue weighted by atomic mass is 10.2. The number of ether oxygens (including phenoxy) is 3. The topological polar surface area (TPSA) is 77.6 Å². The maximum absolute atomic E-state index is 12.2. The highest BCUT2D eigenvalue weighted by molar-refractivity contribution is 5.93. The van der Waals surface area contributed by atoms with Crippen LogP contribution in [0.3, 0.4) is 0 Å². The zero-order chi connectivity index (χ0) is 13.9. The predicted molar refractivity (Wildman–Crippen MR) is 51.6 cm³/mol. The Bertz CT molecular complexity index is 508. The molecule has 6 nitrogen and oxygen atoms in total. The molecule has 0 saturated heterocycles. The van der Waals surface area contributed by atoms with Crippen LogP contribution < -0.4 is 15.0 Å². The summed E-state index contributed by atoms with van der Waals surface area (Å²) in [5.74, 6) is -2.74. The smallest absolute Gasteiger partial charge is 0.480 e. The first-order valence-corrected chi connectivity index (χ1v) is 4.44. The summed E-state index contributed by atoms with van der Waals surface area (Å²) in [5, 5.41) is 0. The van der Waals surface area contributed by atoms with E-state index in [0.29, 0.717) is 6.07 Å². The molecule has 0 unspecified atom stereocenters. The predicted octanol–water partition coefficient (Wildman–Crippen LogP) is 1.07. The van der Waals surface area contributed by atoms with Gasteiger partial charge in [-0.25, -0.2) is 4.79 Å². The molecule has 0 aromatic carbocycles. The van der Waals surface area contributed by atoms with E-state index in [1.54, 1.807) is 0 Å². The minimum atomic E-state index is -5.05. The van der Waals surface area contributed by atoms with Crippen LogP contribution in [-0.4, -0.2) is 31.5 Å². The summed E-state index contributed by atoms with van der Waals surface area (Å²) in [6.07, 6.45) is -5.05. The van der Waals surface area contributed by atoms with Crippen molar-refractivity contribution in [3.8, 4) is 11.6 Å². The molecule has 0 aliphatic rings. The van der Waals surface area contributed by atoms with Gasteiger partial charge in [-0.15, -0.1) is 13.2 Å². The first-order chi connectivity index (χ1) is 8.28. The molecule has 0 atom stereocenters. The number of halogens is 3. The first-order valence-electron chi connectivity index (χ1n) is 4.44. The summed E-state index contributed by atoms with van der Waals surface area (Å²) in [5.41, 5.74) is -1.52. The zero-order valence-corrected chi connectivity index (χ0v) is 9.25. The number of H-pyrrole nitrogens is 1. The number of esters is 1. The summed E-state index contributed by atoms with van der Waals surface area (Å²) < 4.78 is 49.0. The van der Waals surface area contributed by atoms with E-state index in [9.17, 15) is 22.8 Å². The molecule has 1 heterocycles. The average molecular weight is 267 g/mol. The molecule has 0 aliphatic heterocycles. The number of carbonyl (C=O) groups is 1. The summed E-state index contributed by atoms with van der Waals surface area (Å²) in [7, 11) is 1.96. The molecular weight excluding hydrogens is 259 g/mol.